The number of nitrogen functional groups attached to an aromatic ring is 1. The third kappa shape index (κ3) is 1.25. The van der Waals surface area contributed by atoms with E-state index in [1.54, 1.807) is 6.07 Å². The zero-order valence-corrected chi connectivity index (χ0v) is 5.49. The Hall–Kier alpha value is -1.51. The molecule has 0 radical (unpaired) electrons. The molecule has 0 spiro atoms. The van der Waals surface area contributed by atoms with E-state index in [0.717, 1.165) is 5.56 Å². The molecule has 0 atom stereocenters. The maximum absolute atomic E-state index is 5.56. The quantitative estimate of drug-likeness (QED) is 0.256. The highest BCUT2D eigenvalue weighted by Crippen LogP contribution is 2.06. The standard InChI is InChI=1S/C7H9N3/c8-7-4-2-1-3-6(7)5-10-9/h1-5H,8-9H2/b10-5-. The van der Waals surface area contributed by atoms with Crippen molar-refractivity contribution in [2.24, 2.45) is 10.9 Å². The lowest BCUT2D eigenvalue weighted by molar-refractivity contribution is 1.26. The van der Waals surface area contributed by atoms with Gasteiger partial charge in [0.25, 0.3) is 0 Å². The average molecular weight is 135 g/mol. The summed E-state index contributed by atoms with van der Waals surface area (Å²) in [6.45, 7) is 0. The van der Waals surface area contributed by atoms with Gasteiger partial charge in [0.2, 0.25) is 0 Å². The summed E-state index contributed by atoms with van der Waals surface area (Å²) in [6, 6.07) is 7.40. The Balaban J connectivity index is 3.03. The largest absolute Gasteiger partial charge is 0.398 e. The van der Waals surface area contributed by atoms with Crippen molar-refractivity contribution in [2.75, 3.05) is 5.73 Å². The molecule has 0 unspecified atom stereocenters. The van der Waals surface area contributed by atoms with Crippen molar-refractivity contribution in [1.82, 2.24) is 0 Å². The molecule has 0 amide bonds. The predicted molar refractivity (Wildman–Crippen MR) is 42.6 cm³/mol. The van der Waals surface area contributed by atoms with Crippen LogP contribution in [-0.2, 0) is 0 Å². The first kappa shape index (κ1) is 6.61. The fourth-order valence-electron chi connectivity index (χ4n) is 0.709. The molecular weight excluding hydrogens is 126 g/mol. The number of nitrogens with zero attached hydrogens (tertiary/aromatic N) is 1. The molecule has 0 aliphatic rings. The Morgan fingerprint density at radius 3 is 2.60 bits per heavy atom. The molecule has 0 saturated carbocycles. The van der Waals surface area contributed by atoms with Crippen LogP contribution in [0, 0.1) is 0 Å². The Bertz CT molecular complexity index is 242. The molecule has 52 valence electrons. The fourth-order valence-corrected chi connectivity index (χ4v) is 0.709. The molecule has 0 aromatic heterocycles. The summed E-state index contributed by atoms with van der Waals surface area (Å²) in [7, 11) is 0. The van der Waals surface area contributed by atoms with Crippen molar-refractivity contribution >= 4 is 11.9 Å². The summed E-state index contributed by atoms with van der Waals surface area (Å²) >= 11 is 0. The minimum Gasteiger partial charge on any atom is -0.398 e. The van der Waals surface area contributed by atoms with Gasteiger partial charge in [-0.15, -0.1) is 0 Å². The number of hydrogen-bond donors (Lipinski definition) is 2. The van der Waals surface area contributed by atoms with Crippen LogP contribution < -0.4 is 11.6 Å². The summed E-state index contributed by atoms with van der Waals surface area (Å²) in [5.74, 6) is 4.94. The van der Waals surface area contributed by atoms with Gasteiger partial charge in [-0.05, 0) is 6.07 Å². The van der Waals surface area contributed by atoms with Crippen LogP contribution in [0.1, 0.15) is 5.56 Å². The van der Waals surface area contributed by atoms with E-state index >= 15 is 0 Å². The van der Waals surface area contributed by atoms with Gasteiger partial charge in [-0.1, -0.05) is 18.2 Å². The average Bonchev–Trinajstić information content (AvgIpc) is 1.94. The molecule has 10 heavy (non-hydrogen) atoms. The van der Waals surface area contributed by atoms with E-state index in [2.05, 4.69) is 5.10 Å². The van der Waals surface area contributed by atoms with E-state index in [1.807, 2.05) is 18.2 Å². The lowest BCUT2D eigenvalue weighted by Crippen LogP contribution is -1.93. The van der Waals surface area contributed by atoms with E-state index in [4.69, 9.17) is 11.6 Å². The van der Waals surface area contributed by atoms with Crippen LogP contribution in [0.5, 0.6) is 0 Å². The maximum atomic E-state index is 5.56. The molecule has 3 heteroatoms. The minimum atomic E-state index is 0.691. The van der Waals surface area contributed by atoms with E-state index in [9.17, 15) is 0 Å². The second kappa shape index (κ2) is 2.87. The van der Waals surface area contributed by atoms with Crippen LogP contribution in [0.15, 0.2) is 29.4 Å². The van der Waals surface area contributed by atoms with Gasteiger partial charge in [0.1, 0.15) is 0 Å². The highest BCUT2D eigenvalue weighted by Gasteiger charge is 1.90. The molecule has 3 nitrogen and oxygen atoms in total. The van der Waals surface area contributed by atoms with Gasteiger partial charge in [-0.2, -0.15) is 5.10 Å². The minimum absolute atomic E-state index is 0.691. The smallest absolute Gasteiger partial charge is 0.0558 e. The summed E-state index contributed by atoms with van der Waals surface area (Å²) in [6.07, 6.45) is 1.52. The monoisotopic (exact) mass is 135 g/mol. The van der Waals surface area contributed by atoms with E-state index in [0.29, 0.717) is 5.69 Å². The molecule has 0 fully saturated rings. The normalized spacial score (nSPS) is 10.4. The van der Waals surface area contributed by atoms with Crippen molar-refractivity contribution in [3.05, 3.63) is 29.8 Å². The highest BCUT2D eigenvalue weighted by atomic mass is 15.1. The molecule has 1 aromatic rings. The molecule has 1 rings (SSSR count). The van der Waals surface area contributed by atoms with Crippen molar-refractivity contribution < 1.29 is 0 Å². The van der Waals surface area contributed by atoms with Crippen LogP contribution in [-0.4, -0.2) is 6.21 Å². The first-order chi connectivity index (χ1) is 4.84. The zero-order chi connectivity index (χ0) is 7.40. The Morgan fingerprint density at radius 2 is 2.00 bits per heavy atom. The molecule has 0 bridgehead atoms. The number of rotatable bonds is 1. The van der Waals surface area contributed by atoms with Gasteiger partial charge in [0.05, 0.1) is 6.21 Å². The van der Waals surface area contributed by atoms with Gasteiger partial charge < -0.3 is 11.6 Å². The zero-order valence-electron chi connectivity index (χ0n) is 5.49. The molecule has 1 aromatic carbocycles. The van der Waals surface area contributed by atoms with Gasteiger partial charge >= 0.3 is 0 Å². The number of hydrogen-bond acceptors (Lipinski definition) is 3. The summed E-state index contributed by atoms with van der Waals surface area (Å²) in [4.78, 5) is 0. The summed E-state index contributed by atoms with van der Waals surface area (Å²) in [5.41, 5.74) is 7.10. The summed E-state index contributed by atoms with van der Waals surface area (Å²) < 4.78 is 0. The van der Waals surface area contributed by atoms with E-state index in [1.165, 1.54) is 6.21 Å². The topological polar surface area (TPSA) is 64.4 Å². The van der Waals surface area contributed by atoms with Crippen LogP contribution in [0.25, 0.3) is 0 Å². The number of hydrazone groups is 1. The van der Waals surface area contributed by atoms with Crippen molar-refractivity contribution in [1.29, 1.82) is 0 Å². The van der Waals surface area contributed by atoms with Gasteiger partial charge in [0, 0.05) is 11.3 Å². The van der Waals surface area contributed by atoms with Crippen LogP contribution in [0.2, 0.25) is 0 Å². The second-order valence-corrected chi connectivity index (χ2v) is 1.91. The van der Waals surface area contributed by atoms with E-state index in [-0.39, 0.29) is 0 Å². The van der Waals surface area contributed by atoms with Crippen LogP contribution in [0.4, 0.5) is 5.69 Å². The molecule has 0 aliphatic heterocycles. The lowest BCUT2D eigenvalue weighted by atomic mass is 10.2. The van der Waals surface area contributed by atoms with Crippen LogP contribution in [0.3, 0.4) is 0 Å². The number of benzene rings is 1. The number of anilines is 1. The van der Waals surface area contributed by atoms with Crippen molar-refractivity contribution in [3.63, 3.8) is 0 Å². The Kier molecular flexibility index (Phi) is 1.89. The lowest BCUT2D eigenvalue weighted by Gasteiger charge is -1.95. The maximum Gasteiger partial charge on any atom is 0.0558 e. The molecule has 0 heterocycles. The Morgan fingerprint density at radius 1 is 1.30 bits per heavy atom. The second-order valence-electron chi connectivity index (χ2n) is 1.91. The SMILES string of the molecule is N/N=C\c1ccccc1N. The molecule has 4 N–H and O–H groups in total. The fraction of sp³-hybridized carbons (Fsp3) is 0. The predicted octanol–water partition coefficient (Wildman–Crippen LogP) is 0.561. The van der Waals surface area contributed by atoms with Crippen molar-refractivity contribution in [3.8, 4) is 0 Å². The first-order valence-corrected chi connectivity index (χ1v) is 2.92. The molecule has 0 saturated heterocycles. The Labute approximate surface area is 59.3 Å². The van der Waals surface area contributed by atoms with Gasteiger partial charge in [-0.25, -0.2) is 0 Å². The van der Waals surface area contributed by atoms with E-state index < -0.39 is 0 Å². The van der Waals surface area contributed by atoms with Gasteiger partial charge in [0.15, 0.2) is 0 Å². The van der Waals surface area contributed by atoms with Crippen LogP contribution >= 0.6 is 0 Å². The first-order valence-electron chi connectivity index (χ1n) is 2.92. The highest BCUT2D eigenvalue weighted by molar-refractivity contribution is 5.86. The third-order valence-corrected chi connectivity index (χ3v) is 1.21. The third-order valence-electron chi connectivity index (χ3n) is 1.21. The number of nitrogens with two attached hydrogens (primary N) is 2. The molecular formula is C7H9N3. The number of para-hydroxylation sites is 1. The van der Waals surface area contributed by atoms with Gasteiger partial charge in [-0.3, -0.25) is 0 Å². The van der Waals surface area contributed by atoms with Crippen molar-refractivity contribution in [2.45, 2.75) is 0 Å². The summed E-state index contributed by atoms with van der Waals surface area (Å²) in [5, 5.41) is 3.36. The molecule has 0 aliphatic carbocycles.